The van der Waals surface area contributed by atoms with Gasteiger partial charge >= 0.3 is 0 Å². The van der Waals surface area contributed by atoms with Crippen LogP contribution in [0.4, 0.5) is 0 Å². The average Bonchev–Trinajstić information content (AvgIpc) is 2.36. The van der Waals surface area contributed by atoms with Gasteiger partial charge in [-0.1, -0.05) is 6.07 Å². The smallest absolute Gasteiger partial charge is 0.134 e. The summed E-state index contributed by atoms with van der Waals surface area (Å²) < 4.78 is 6.43. The zero-order chi connectivity index (χ0) is 6.97. The van der Waals surface area contributed by atoms with Gasteiger partial charge < -0.3 is 4.42 Å². The van der Waals surface area contributed by atoms with Crippen LogP contribution in [-0.2, 0) is 0 Å². The lowest BCUT2D eigenvalue weighted by molar-refractivity contribution is 0.616. The van der Waals surface area contributed by atoms with Crippen molar-refractivity contribution in [3.63, 3.8) is 0 Å². The summed E-state index contributed by atoms with van der Waals surface area (Å²) in [5.74, 6) is 0. The van der Waals surface area contributed by atoms with E-state index in [0.29, 0.717) is 0 Å². The number of hydrogen-bond acceptors (Lipinski definition) is 1. The molecule has 0 aliphatic heterocycles. The van der Waals surface area contributed by atoms with Gasteiger partial charge in [0.2, 0.25) is 0 Å². The second-order valence-corrected chi connectivity index (χ2v) is 3.23. The van der Waals surface area contributed by atoms with Crippen molar-refractivity contribution in [2.75, 3.05) is 0 Å². The van der Waals surface area contributed by atoms with Crippen LogP contribution in [0.2, 0.25) is 0 Å². The van der Waals surface area contributed by atoms with Gasteiger partial charge in [0.25, 0.3) is 0 Å². The molecule has 0 fully saturated rings. The lowest BCUT2D eigenvalue weighted by Gasteiger charge is -1.88. The summed E-state index contributed by atoms with van der Waals surface area (Å²) in [4.78, 5) is 0. The van der Waals surface area contributed by atoms with Gasteiger partial charge in [0, 0.05) is 8.96 Å². The Kier molecular flexibility index (Phi) is 1.41. The van der Waals surface area contributed by atoms with E-state index < -0.39 is 0 Å². The van der Waals surface area contributed by atoms with Crippen molar-refractivity contribution in [1.82, 2.24) is 0 Å². The highest BCUT2D eigenvalue weighted by Crippen LogP contribution is 2.20. The van der Waals surface area contributed by atoms with E-state index in [2.05, 4.69) is 28.7 Å². The van der Waals surface area contributed by atoms with E-state index >= 15 is 0 Å². The first kappa shape index (κ1) is 6.22. The van der Waals surface area contributed by atoms with Gasteiger partial charge in [-0.05, 0) is 40.8 Å². The third-order valence-corrected chi connectivity index (χ3v) is 2.38. The largest absolute Gasteiger partial charge is 0.464 e. The summed E-state index contributed by atoms with van der Waals surface area (Å²) in [6.45, 7) is 0. The van der Waals surface area contributed by atoms with Crippen molar-refractivity contribution in [3.8, 4) is 0 Å². The maximum Gasteiger partial charge on any atom is 0.134 e. The molecule has 0 aliphatic carbocycles. The van der Waals surface area contributed by atoms with E-state index in [9.17, 15) is 0 Å². The Hall–Kier alpha value is -0.510. The van der Waals surface area contributed by atoms with E-state index in [-0.39, 0.29) is 0 Å². The molecule has 0 saturated heterocycles. The van der Waals surface area contributed by atoms with Gasteiger partial charge in [0.1, 0.15) is 5.58 Å². The Morgan fingerprint density at radius 3 is 2.90 bits per heavy atom. The van der Waals surface area contributed by atoms with Crippen LogP contribution in [0, 0.1) is 3.57 Å². The third-order valence-electron chi connectivity index (χ3n) is 1.44. The molecule has 10 heavy (non-hydrogen) atoms. The van der Waals surface area contributed by atoms with E-state index in [0.717, 1.165) is 5.58 Å². The molecule has 0 N–H and O–H groups in total. The molecule has 0 saturated carbocycles. The number of fused-ring (bicyclic) bond motifs is 1. The van der Waals surface area contributed by atoms with Crippen LogP contribution < -0.4 is 0 Å². The van der Waals surface area contributed by atoms with Crippen LogP contribution in [0.3, 0.4) is 0 Å². The van der Waals surface area contributed by atoms with Crippen LogP contribution in [0.1, 0.15) is 0 Å². The molecule has 0 atom stereocenters. The molecular formula is C8H5IO. The standard InChI is InChI=1S/C8H5IO/c9-7-2-1-3-8-6(7)4-5-10-8/h1-5H. The molecule has 0 amide bonds. The van der Waals surface area contributed by atoms with Crippen LogP contribution in [-0.4, -0.2) is 0 Å². The topological polar surface area (TPSA) is 13.1 Å². The number of benzene rings is 1. The summed E-state index contributed by atoms with van der Waals surface area (Å²) in [7, 11) is 0. The Labute approximate surface area is 72.2 Å². The van der Waals surface area contributed by atoms with Crippen molar-refractivity contribution in [1.29, 1.82) is 0 Å². The monoisotopic (exact) mass is 244 g/mol. The van der Waals surface area contributed by atoms with E-state index in [1.165, 1.54) is 8.96 Å². The summed E-state index contributed by atoms with van der Waals surface area (Å²) in [6.07, 6.45) is 1.72. The summed E-state index contributed by atoms with van der Waals surface area (Å²) in [5.41, 5.74) is 0.965. The zero-order valence-corrected chi connectivity index (χ0v) is 7.33. The minimum atomic E-state index is 0.965. The Bertz CT molecular complexity index is 351. The van der Waals surface area contributed by atoms with Crippen molar-refractivity contribution in [2.24, 2.45) is 0 Å². The molecular weight excluding hydrogens is 239 g/mol. The molecule has 0 spiro atoms. The highest BCUT2D eigenvalue weighted by atomic mass is 127. The lowest BCUT2D eigenvalue weighted by atomic mass is 10.3. The number of rotatable bonds is 0. The molecule has 50 valence electrons. The molecule has 2 aromatic rings. The van der Waals surface area contributed by atoms with Gasteiger partial charge in [-0.2, -0.15) is 0 Å². The van der Waals surface area contributed by atoms with Crippen LogP contribution >= 0.6 is 22.6 Å². The van der Waals surface area contributed by atoms with E-state index in [1.54, 1.807) is 6.26 Å². The molecule has 0 unspecified atom stereocenters. The molecule has 1 heterocycles. The number of furan rings is 1. The number of halogens is 1. The lowest BCUT2D eigenvalue weighted by Crippen LogP contribution is -1.68. The van der Waals surface area contributed by atoms with Crippen LogP contribution in [0.5, 0.6) is 0 Å². The van der Waals surface area contributed by atoms with Gasteiger partial charge in [-0.15, -0.1) is 0 Å². The summed E-state index contributed by atoms with van der Waals surface area (Å²) in [6, 6.07) is 8.01. The van der Waals surface area contributed by atoms with Gasteiger partial charge in [-0.25, -0.2) is 0 Å². The van der Waals surface area contributed by atoms with Gasteiger partial charge in [-0.3, -0.25) is 0 Å². The zero-order valence-electron chi connectivity index (χ0n) is 5.17. The average molecular weight is 244 g/mol. The minimum Gasteiger partial charge on any atom is -0.464 e. The van der Waals surface area contributed by atoms with E-state index in [4.69, 9.17) is 4.42 Å². The van der Waals surface area contributed by atoms with Crippen molar-refractivity contribution < 1.29 is 4.42 Å². The first-order valence-corrected chi connectivity index (χ1v) is 4.07. The summed E-state index contributed by atoms with van der Waals surface area (Å²) in [5, 5.41) is 1.20. The maximum atomic E-state index is 5.19. The van der Waals surface area contributed by atoms with Crippen molar-refractivity contribution >= 4 is 33.6 Å². The highest BCUT2D eigenvalue weighted by molar-refractivity contribution is 14.1. The van der Waals surface area contributed by atoms with Crippen LogP contribution in [0.25, 0.3) is 11.0 Å². The first-order chi connectivity index (χ1) is 4.88. The Morgan fingerprint density at radius 2 is 2.10 bits per heavy atom. The normalized spacial score (nSPS) is 10.5. The van der Waals surface area contributed by atoms with Crippen molar-refractivity contribution in [3.05, 3.63) is 34.1 Å². The quantitative estimate of drug-likeness (QED) is 0.649. The fourth-order valence-electron chi connectivity index (χ4n) is 0.957. The van der Waals surface area contributed by atoms with Gasteiger partial charge in [0.15, 0.2) is 0 Å². The highest BCUT2D eigenvalue weighted by Gasteiger charge is 1.97. The number of hydrogen-bond donors (Lipinski definition) is 0. The second-order valence-electron chi connectivity index (χ2n) is 2.07. The van der Waals surface area contributed by atoms with Crippen LogP contribution in [0.15, 0.2) is 34.9 Å². The molecule has 1 aromatic carbocycles. The molecule has 0 bridgehead atoms. The Balaban J connectivity index is 2.95. The Morgan fingerprint density at radius 1 is 1.20 bits per heavy atom. The van der Waals surface area contributed by atoms with E-state index in [1.807, 2.05) is 18.2 Å². The fourth-order valence-corrected chi connectivity index (χ4v) is 1.61. The second kappa shape index (κ2) is 2.27. The summed E-state index contributed by atoms with van der Waals surface area (Å²) >= 11 is 2.29. The van der Waals surface area contributed by atoms with Gasteiger partial charge in [0.05, 0.1) is 6.26 Å². The minimum absolute atomic E-state index is 0.965. The molecule has 2 heteroatoms. The predicted molar refractivity (Wildman–Crippen MR) is 48.9 cm³/mol. The molecule has 0 radical (unpaired) electrons. The molecule has 1 nitrogen and oxygen atoms in total. The maximum absolute atomic E-state index is 5.19. The molecule has 1 aromatic heterocycles. The predicted octanol–water partition coefficient (Wildman–Crippen LogP) is 3.04. The molecule has 0 aliphatic rings. The fraction of sp³-hybridized carbons (Fsp3) is 0. The van der Waals surface area contributed by atoms with Crippen molar-refractivity contribution in [2.45, 2.75) is 0 Å². The molecule has 2 rings (SSSR count). The third kappa shape index (κ3) is 0.831. The first-order valence-electron chi connectivity index (χ1n) is 2.99. The SMILES string of the molecule is Ic1cccc2occc12.